The Balaban J connectivity index is 1.91. The number of ketones is 1. The molecule has 3 heteroatoms. The summed E-state index contributed by atoms with van der Waals surface area (Å²) in [5.74, 6) is 0.00992. The molecule has 3 nitrogen and oxygen atoms in total. The van der Waals surface area contributed by atoms with Gasteiger partial charge in [0, 0.05) is 12.6 Å². The molecule has 0 saturated carbocycles. The van der Waals surface area contributed by atoms with Crippen molar-refractivity contribution in [1.29, 1.82) is 0 Å². The van der Waals surface area contributed by atoms with Crippen molar-refractivity contribution in [2.75, 3.05) is 0 Å². The number of carbonyl (C=O) groups excluding carboxylic acids is 1. The molecule has 0 aliphatic heterocycles. The van der Waals surface area contributed by atoms with Gasteiger partial charge < -0.3 is 0 Å². The van der Waals surface area contributed by atoms with Crippen molar-refractivity contribution in [1.82, 2.24) is 9.97 Å². The Kier molecular flexibility index (Phi) is 4.05. The zero-order chi connectivity index (χ0) is 15.4. The first kappa shape index (κ1) is 14.1. The second-order valence-corrected chi connectivity index (χ2v) is 5.15. The average molecular weight is 288 g/mol. The quantitative estimate of drug-likeness (QED) is 0.684. The highest BCUT2D eigenvalue weighted by Gasteiger charge is 2.12. The summed E-state index contributed by atoms with van der Waals surface area (Å²) in [6.07, 6.45) is 3.34. The fourth-order valence-corrected chi connectivity index (χ4v) is 2.52. The first-order chi connectivity index (χ1) is 10.8. The van der Waals surface area contributed by atoms with Crippen molar-refractivity contribution >= 4 is 5.78 Å². The van der Waals surface area contributed by atoms with E-state index in [1.54, 1.807) is 12.3 Å². The Hall–Kier alpha value is -2.81. The zero-order valence-corrected chi connectivity index (χ0v) is 12.4. The van der Waals surface area contributed by atoms with Gasteiger partial charge in [0.1, 0.15) is 12.0 Å². The number of aromatic nitrogens is 2. The lowest BCUT2D eigenvalue weighted by molar-refractivity contribution is 0.0988. The van der Waals surface area contributed by atoms with Crippen LogP contribution in [-0.4, -0.2) is 15.8 Å². The van der Waals surface area contributed by atoms with Crippen molar-refractivity contribution in [2.45, 2.75) is 13.3 Å². The third kappa shape index (κ3) is 2.93. The van der Waals surface area contributed by atoms with Gasteiger partial charge in [-0.1, -0.05) is 48.5 Å². The Labute approximate surface area is 129 Å². The molecular weight excluding hydrogens is 272 g/mol. The van der Waals surface area contributed by atoms with Crippen LogP contribution in [0.2, 0.25) is 0 Å². The summed E-state index contributed by atoms with van der Waals surface area (Å²) in [4.78, 5) is 20.2. The molecule has 0 amide bonds. The number of rotatable bonds is 4. The standard InChI is InChI=1S/C19H16N2O/c1-14-16(12-19(22)18-10-11-20-13-21-18)8-5-9-17(14)15-6-3-2-4-7-15/h2-11,13H,12H2,1H3. The van der Waals surface area contributed by atoms with Crippen LogP contribution in [0.15, 0.2) is 67.1 Å². The topological polar surface area (TPSA) is 42.9 Å². The molecule has 22 heavy (non-hydrogen) atoms. The predicted molar refractivity (Wildman–Crippen MR) is 86.7 cm³/mol. The highest BCUT2D eigenvalue weighted by Crippen LogP contribution is 2.26. The predicted octanol–water partition coefficient (Wildman–Crippen LogP) is 3.88. The van der Waals surface area contributed by atoms with Gasteiger partial charge >= 0.3 is 0 Å². The van der Waals surface area contributed by atoms with Crippen LogP contribution in [-0.2, 0) is 6.42 Å². The summed E-state index contributed by atoms with van der Waals surface area (Å²) in [7, 11) is 0. The van der Waals surface area contributed by atoms with Gasteiger partial charge in [0.2, 0.25) is 0 Å². The van der Waals surface area contributed by atoms with Crippen LogP contribution in [0.5, 0.6) is 0 Å². The molecule has 3 rings (SSSR count). The van der Waals surface area contributed by atoms with Gasteiger partial charge in [-0.05, 0) is 35.2 Å². The van der Waals surface area contributed by atoms with Crippen LogP contribution in [0.4, 0.5) is 0 Å². The lowest BCUT2D eigenvalue weighted by Gasteiger charge is -2.11. The maximum absolute atomic E-state index is 12.3. The molecule has 0 spiro atoms. The van der Waals surface area contributed by atoms with Crippen LogP contribution >= 0.6 is 0 Å². The third-order valence-electron chi connectivity index (χ3n) is 3.75. The summed E-state index contributed by atoms with van der Waals surface area (Å²) >= 11 is 0. The van der Waals surface area contributed by atoms with Crippen LogP contribution in [0.3, 0.4) is 0 Å². The second kappa shape index (κ2) is 6.31. The molecule has 1 aromatic heterocycles. The van der Waals surface area contributed by atoms with E-state index in [0.717, 1.165) is 22.3 Å². The second-order valence-electron chi connectivity index (χ2n) is 5.15. The molecule has 0 aliphatic rings. The van der Waals surface area contributed by atoms with Gasteiger partial charge in [0.25, 0.3) is 0 Å². The van der Waals surface area contributed by atoms with Gasteiger partial charge in [-0.15, -0.1) is 0 Å². The Morgan fingerprint density at radius 3 is 2.55 bits per heavy atom. The first-order valence-corrected chi connectivity index (χ1v) is 7.19. The summed E-state index contributed by atoms with van der Waals surface area (Å²) < 4.78 is 0. The minimum absolute atomic E-state index is 0.00992. The van der Waals surface area contributed by atoms with E-state index in [1.165, 1.54) is 6.33 Å². The van der Waals surface area contributed by atoms with Crippen molar-refractivity contribution in [2.24, 2.45) is 0 Å². The monoisotopic (exact) mass is 288 g/mol. The van der Waals surface area contributed by atoms with E-state index in [1.807, 2.05) is 30.3 Å². The van der Waals surface area contributed by atoms with E-state index in [4.69, 9.17) is 0 Å². The number of hydrogen-bond donors (Lipinski definition) is 0. The van der Waals surface area contributed by atoms with Crippen molar-refractivity contribution in [3.63, 3.8) is 0 Å². The summed E-state index contributed by atoms with van der Waals surface area (Å²) in [6.45, 7) is 2.06. The first-order valence-electron chi connectivity index (χ1n) is 7.19. The largest absolute Gasteiger partial charge is 0.292 e. The number of Topliss-reactive ketones (excluding diaryl/α,β-unsaturated/α-hetero) is 1. The highest BCUT2D eigenvalue weighted by molar-refractivity contribution is 5.96. The molecule has 0 unspecified atom stereocenters. The van der Waals surface area contributed by atoms with Gasteiger partial charge in [0.15, 0.2) is 5.78 Å². The van der Waals surface area contributed by atoms with Gasteiger partial charge in [0.05, 0.1) is 0 Å². The lowest BCUT2D eigenvalue weighted by atomic mass is 9.94. The van der Waals surface area contributed by atoms with E-state index >= 15 is 0 Å². The highest BCUT2D eigenvalue weighted by atomic mass is 16.1. The summed E-state index contributed by atoms with van der Waals surface area (Å²) in [6, 6.07) is 17.9. The fourth-order valence-electron chi connectivity index (χ4n) is 2.52. The van der Waals surface area contributed by atoms with Crippen LogP contribution in [0.1, 0.15) is 21.6 Å². The molecule has 3 aromatic rings. The molecule has 0 radical (unpaired) electrons. The van der Waals surface area contributed by atoms with Crippen LogP contribution < -0.4 is 0 Å². The Bertz CT molecular complexity index is 783. The molecule has 0 fully saturated rings. The Morgan fingerprint density at radius 2 is 1.82 bits per heavy atom. The smallest absolute Gasteiger partial charge is 0.185 e. The van der Waals surface area contributed by atoms with Crippen LogP contribution in [0, 0.1) is 6.92 Å². The third-order valence-corrected chi connectivity index (χ3v) is 3.75. The van der Waals surface area contributed by atoms with Crippen molar-refractivity contribution < 1.29 is 4.79 Å². The van der Waals surface area contributed by atoms with Gasteiger partial charge in [-0.25, -0.2) is 9.97 Å². The minimum atomic E-state index is 0.00992. The van der Waals surface area contributed by atoms with Gasteiger partial charge in [-0.3, -0.25) is 4.79 Å². The molecule has 0 saturated heterocycles. The maximum atomic E-state index is 12.3. The average Bonchev–Trinajstić information content (AvgIpc) is 2.58. The van der Waals surface area contributed by atoms with E-state index in [9.17, 15) is 4.79 Å². The number of benzene rings is 2. The SMILES string of the molecule is Cc1c(CC(=O)c2ccncn2)cccc1-c1ccccc1. The molecule has 108 valence electrons. The molecule has 0 atom stereocenters. The summed E-state index contributed by atoms with van der Waals surface area (Å²) in [5, 5.41) is 0. The summed E-state index contributed by atoms with van der Waals surface area (Å²) in [5.41, 5.74) is 4.95. The molecule has 0 bridgehead atoms. The number of carbonyl (C=O) groups is 1. The van der Waals surface area contributed by atoms with E-state index in [-0.39, 0.29) is 5.78 Å². The fraction of sp³-hybridized carbons (Fsp3) is 0.105. The normalized spacial score (nSPS) is 10.4. The molecular formula is C19H16N2O. The molecule has 1 heterocycles. The van der Waals surface area contributed by atoms with Gasteiger partial charge in [-0.2, -0.15) is 0 Å². The maximum Gasteiger partial charge on any atom is 0.185 e. The molecule has 0 N–H and O–H groups in total. The molecule has 0 aliphatic carbocycles. The zero-order valence-electron chi connectivity index (χ0n) is 12.4. The lowest BCUT2D eigenvalue weighted by Crippen LogP contribution is -2.07. The van der Waals surface area contributed by atoms with E-state index in [0.29, 0.717) is 12.1 Å². The van der Waals surface area contributed by atoms with Crippen molar-refractivity contribution in [3.05, 3.63) is 83.9 Å². The van der Waals surface area contributed by atoms with E-state index in [2.05, 4.69) is 35.1 Å². The van der Waals surface area contributed by atoms with E-state index < -0.39 is 0 Å². The number of nitrogens with zero attached hydrogens (tertiary/aromatic N) is 2. The van der Waals surface area contributed by atoms with Crippen LogP contribution in [0.25, 0.3) is 11.1 Å². The van der Waals surface area contributed by atoms with Crippen molar-refractivity contribution in [3.8, 4) is 11.1 Å². The number of hydrogen-bond acceptors (Lipinski definition) is 3. The Morgan fingerprint density at radius 1 is 1.00 bits per heavy atom. The molecule has 2 aromatic carbocycles. The minimum Gasteiger partial charge on any atom is -0.292 e.